The second-order valence-corrected chi connectivity index (χ2v) is 7.17. The van der Waals surface area contributed by atoms with E-state index in [-0.39, 0.29) is 12.3 Å². The number of esters is 1. The molecule has 2 aromatic rings. The van der Waals surface area contributed by atoms with Crippen LogP contribution in [-0.2, 0) is 25.5 Å². The van der Waals surface area contributed by atoms with Gasteiger partial charge in [-0.15, -0.1) is 0 Å². The quantitative estimate of drug-likeness (QED) is 0.564. The zero-order chi connectivity index (χ0) is 19.8. The van der Waals surface area contributed by atoms with Gasteiger partial charge >= 0.3 is 5.97 Å². The highest BCUT2D eigenvalue weighted by molar-refractivity contribution is 7.98. The second-order valence-electron chi connectivity index (χ2n) is 6.18. The van der Waals surface area contributed by atoms with Gasteiger partial charge in [-0.05, 0) is 30.1 Å². The number of amides is 2. The number of benzene rings is 1. The third-order valence-corrected chi connectivity index (χ3v) is 4.85. The predicted octanol–water partition coefficient (Wildman–Crippen LogP) is 1.63. The van der Waals surface area contributed by atoms with Gasteiger partial charge < -0.3 is 20.4 Å². The van der Waals surface area contributed by atoms with Crippen LogP contribution in [0.2, 0.25) is 0 Å². The average molecular weight is 391 g/mol. The van der Waals surface area contributed by atoms with Crippen LogP contribution in [0.15, 0.2) is 30.5 Å². The molecule has 0 saturated heterocycles. The summed E-state index contributed by atoms with van der Waals surface area (Å²) in [6, 6.07) is 6.21. The van der Waals surface area contributed by atoms with Gasteiger partial charge in [0.2, 0.25) is 11.8 Å². The Balaban J connectivity index is 2.16. The van der Waals surface area contributed by atoms with Crippen LogP contribution in [0.3, 0.4) is 0 Å². The number of carbonyl (C=O) groups excluding carboxylic acids is 3. The Bertz CT molecular complexity index is 805. The number of carbonyl (C=O) groups is 3. The number of fused-ring (bicyclic) bond motifs is 1. The smallest absolute Gasteiger partial charge is 0.328 e. The number of H-pyrrole nitrogens is 1. The average Bonchev–Trinajstić information content (AvgIpc) is 3.06. The van der Waals surface area contributed by atoms with E-state index >= 15 is 0 Å². The molecule has 0 bridgehead atoms. The van der Waals surface area contributed by atoms with Crippen LogP contribution in [0.1, 0.15) is 18.9 Å². The largest absolute Gasteiger partial charge is 0.467 e. The van der Waals surface area contributed by atoms with E-state index in [1.54, 1.807) is 11.8 Å². The number of thioether (sulfide) groups is 1. The van der Waals surface area contributed by atoms with Crippen molar-refractivity contribution in [3.05, 3.63) is 36.0 Å². The number of rotatable bonds is 9. The zero-order valence-electron chi connectivity index (χ0n) is 15.7. The molecule has 0 spiro atoms. The lowest BCUT2D eigenvalue weighted by molar-refractivity contribution is -0.145. The molecule has 0 aliphatic heterocycles. The Morgan fingerprint density at radius 2 is 1.93 bits per heavy atom. The van der Waals surface area contributed by atoms with Crippen molar-refractivity contribution < 1.29 is 19.1 Å². The van der Waals surface area contributed by atoms with E-state index in [0.29, 0.717) is 12.2 Å². The first kappa shape index (κ1) is 20.8. The highest BCUT2D eigenvalue weighted by Crippen LogP contribution is 2.19. The van der Waals surface area contributed by atoms with Gasteiger partial charge in [-0.1, -0.05) is 18.2 Å². The number of nitrogens with one attached hydrogen (secondary N) is 3. The summed E-state index contributed by atoms with van der Waals surface area (Å²) >= 11 is 1.58. The van der Waals surface area contributed by atoms with Crippen molar-refractivity contribution in [1.82, 2.24) is 15.6 Å². The maximum atomic E-state index is 12.7. The minimum atomic E-state index is -0.841. The molecular formula is C19H25N3O4S. The molecule has 2 amide bonds. The Kier molecular flexibility index (Phi) is 7.72. The molecule has 2 rings (SSSR count). The standard InChI is InChI=1S/C19H25N3O4S/c1-12(23)21-16(8-9-27-3)18(24)22-17(19(25)26-2)10-13-11-20-15-7-5-4-6-14(13)15/h4-7,11,16-17,20H,8-10H2,1-3H3,(H,21,23)(H,22,24)/t16-,17-/m0/s1. The molecule has 1 aromatic heterocycles. The number of hydrogen-bond acceptors (Lipinski definition) is 5. The van der Waals surface area contributed by atoms with Gasteiger partial charge in [0.05, 0.1) is 7.11 Å². The van der Waals surface area contributed by atoms with Crippen molar-refractivity contribution >= 4 is 40.4 Å². The zero-order valence-corrected chi connectivity index (χ0v) is 16.5. The summed E-state index contributed by atoms with van der Waals surface area (Å²) in [6.45, 7) is 1.36. The summed E-state index contributed by atoms with van der Waals surface area (Å²) in [7, 11) is 1.29. The second kappa shape index (κ2) is 10.0. The van der Waals surface area contributed by atoms with Crippen molar-refractivity contribution in [3.8, 4) is 0 Å². The molecule has 0 fully saturated rings. The number of aromatic amines is 1. The molecule has 27 heavy (non-hydrogen) atoms. The van der Waals surface area contributed by atoms with Gasteiger partial charge in [0.25, 0.3) is 0 Å². The third kappa shape index (κ3) is 5.75. The molecule has 3 N–H and O–H groups in total. The highest BCUT2D eigenvalue weighted by atomic mass is 32.2. The van der Waals surface area contributed by atoms with Crippen LogP contribution in [0.4, 0.5) is 0 Å². The van der Waals surface area contributed by atoms with Crippen LogP contribution in [0, 0.1) is 0 Å². The minimum Gasteiger partial charge on any atom is -0.467 e. The molecule has 146 valence electrons. The van der Waals surface area contributed by atoms with Crippen molar-refractivity contribution in [2.45, 2.75) is 31.8 Å². The molecule has 1 heterocycles. The van der Waals surface area contributed by atoms with Crippen LogP contribution in [0.5, 0.6) is 0 Å². The first-order chi connectivity index (χ1) is 13.0. The SMILES string of the molecule is COC(=O)[C@H](Cc1c[nH]c2ccccc12)NC(=O)[C@H](CCSC)NC(C)=O. The molecule has 7 nitrogen and oxygen atoms in total. The lowest BCUT2D eigenvalue weighted by Crippen LogP contribution is -2.52. The molecule has 0 saturated carbocycles. The fraction of sp³-hybridized carbons (Fsp3) is 0.421. The first-order valence-corrected chi connectivity index (χ1v) is 10.0. The van der Waals surface area contributed by atoms with E-state index in [0.717, 1.165) is 16.5 Å². The molecule has 0 aliphatic rings. The summed E-state index contributed by atoms with van der Waals surface area (Å²) in [5.41, 5.74) is 1.86. The van der Waals surface area contributed by atoms with Gasteiger partial charge in [-0.25, -0.2) is 4.79 Å². The molecule has 0 radical (unpaired) electrons. The Morgan fingerprint density at radius 1 is 1.19 bits per heavy atom. The Morgan fingerprint density at radius 3 is 2.59 bits per heavy atom. The van der Waals surface area contributed by atoms with E-state index < -0.39 is 24.0 Å². The third-order valence-electron chi connectivity index (χ3n) is 4.21. The van der Waals surface area contributed by atoms with Crippen molar-refractivity contribution in [1.29, 1.82) is 0 Å². The van der Waals surface area contributed by atoms with Gasteiger partial charge in [0.15, 0.2) is 0 Å². The molecular weight excluding hydrogens is 366 g/mol. The van der Waals surface area contributed by atoms with Crippen LogP contribution in [0.25, 0.3) is 10.9 Å². The topological polar surface area (TPSA) is 100 Å². The Hall–Kier alpha value is -2.48. The summed E-state index contributed by atoms with van der Waals surface area (Å²) < 4.78 is 4.86. The lowest BCUT2D eigenvalue weighted by atomic mass is 10.0. The van der Waals surface area contributed by atoms with Crippen molar-refractivity contribution in [3.63, 3.8) is 0 Å². The monoisotopic (exact) mass is 391 g/mol. The number of methoxy groups -OCH3 is 1. The van der Waals surface area contributed by atoms with Gasteiger partial charge in [0.1, 0.15) is 12.1 Å². The molecule has 8 heteroatoms. The fourth-order valence-corrected chi connectivity index (χ4v) is 3.35. The van der Waals surface area contributed by atoms with E-state index in [9.17, 15) is 14.4 Å². The number of ether oxygens (including phenoxy) is 1. The summed E-state index contributed by atoms with van der Waals surface area (Å²) in [6.07, 6.45) is 4.52. The van der Waals surface area contributed by atoms with Gasteiger partial charge in [-0.3, -0.25) is 9.59 Å². The maximum Gasteiger partial charge on any atom is 0.328 e. The molecule has 0 unspecified atom stereocenters. The van der Waals surface area contributed by atoms with Crippen LogP contribution >= 0.6 is 11.8 Å². The van der Waals surface area contributed by atoms with Crippen molar-refractivity contribution in [2.75, 3.05) is 19.1 Å². The summed E-state index contributed by atoms with van der Waals surface area (Å²) in [5, 5.41) is 6.36. The maximum absolute atomic E-state index is 12.7. The highest BCUT2D eigenvalue weighted by Gasteiger charge is 2.27. The normalized spacial score (nSPS) is 13.0. The molecule has 2 atom stereocenters. The first-order valence-electron chi connectivity index (χ1n) is 8.65. The van der Waals surface area contributed by atoms with Crippen molar-refractivity contribution in [2.24, 2.45) is 0 Å². The number of aromatic nitrogens is 1. The van der Waals surface area contributed by atoms with E-state index in [1.807, 2.05) is 36.7 Å². The van der Waals surface area contributed by atoms with Crippen LogP contribution in [-0.4, -0.2) is 54.0 Å². The summed E-state index contributed by atoms with van der Waals surface area (Å²) in [4.78, 5) is 39.4. The summed E-state index contributed by atoms with van der Waals surface area (Å²) in [5.74, 6) is -0.499. The fourth-order valence-electron chi connectivity index (χ4n) is 2.88. The predicted molar refractivity (Wildman–Crippen MR) is 107 cm³/mol. The lowest BCUT2D eigenvalue weighted by Gasteiger charge is -2.21. The van der Waals surface area contributed by atoms with Gasteiger partial charge in [0, 0.05) is 30.4 Å². The molecule has 1 aromatic carbocycles. The number of hydrogen-bond donors (Lipinski definition) is 3. The van der Waals surface area contributed by atoms with E-state index in [1.165, 1.54) is 14.0 Å². The van der Waals surface area contributed by atoms with Crippen LogP contribution < -0.4 is 10.6 Å². The van der Waals surface area contributed by atoms with E-state index in [2.05, 4.69) is 15.6 Å². The van der Waals surface area contributed by atoms with Gasteiger partial charge in [-0.2, -0.15) is 11.8 Å². The number of para-hydroxylation sites is 1. The van der Waals surface area contributed by atoms with E-state index in [4.69, 9.17) is 4.74 Å². The molecule has 0 aliphatic carbocycles. The minimum absolute atomic E-state index is 0.289. The Labute approximate surface area is 162 Å².